The monoisotopic (exact) mass is 298 g/mol. The predicted molar refractivity (Wildman–Crippen MR) is 89.0 cm³/mol. The molecular formula is C18H22N2O2. The van der Waals surface area contributed by atoms with E-state index >= 15 is 0 Å². The van der Waals surface area contributed by atoms with Gasteiger partial charge in [0.15, 0.2) is 0 Å². The van der Waals surface area contributed by atoms with Gasteiger partial charge in [-0.3, -0.25) is 4.79 Å². The molecule has 116 valence electrons. The zero-order valence-electron chi connectivity index (χ0n) is 13.1. The molecule has 0 fully saturated rings. The van der Waals surface area contributed by atoms with Gasteiger partial charge in [-0.15, -0.1) is 0 Å². The van der Waals surface area contributed by atoms with Gasteiger partial charge in [-0.05, 0) is 42.7 Å². The Bertz CT molecular complexity index is 653. The molecule has 0 spiro atoms. The standard InChI is InChI=1S/C18H22N2O2/c1-13-6-5-9-17(14(13)2)22-11-10-18(21)20-16-8-4-3-7-15(16)12-19/h3-9H,10-12,19H2,1-2H3,(H,20,21). The number of anilines is 1. The Morgan fingerprint density at radius 3 is 2.68 bits per heavy atom. The maximum atomic E-state index is 12.0. The molecule has 0 heterocycles. The summed E-state index contributed by atoms with van der Waals surface area (Å²) in [4.78, 5) is 12.0. The SMILES string of the molecule is Cc1cccc(OCCC(=O)Nc2ccccc2CN)c1C. The van der Waals surface area contributed by atoms with Crippen LogP contribution in [0.15, 0.2) is 42.5 Å². The Morgan fingerprint density at radius 1 is 1.14 bits per heavy atom. The predicted octanol–water partition coefficient (Wildman–Crippen LogP) is 3.17. The van der Waals surface area contributed by atoms with Crippen LogP contribution in [0.1, 0.15) is 23.1 Å². The number of amides is 1. The van der Waals surface area contributed by atoms with E-state index < -0.39 is 0 Å². The van der Waals surface area contributed by atoms with E-state index in [-0.39, 0.29) is 5.91 Å². The van der Waals surface area contributed by atoms with Crippen molar-refractivity contribution in [3.63, 3.8) is 0 Å². The summed E-state index contributed by atoms with van der Waals surface area (Å²) in [6.07, 6.45) is 0.298. The molecule has 4 heteroatoms. The second-order valence-corrected chi connectivity index (χ2v) is 5.21. The molecule has 4 nitrogen and oxygen atoms in total. The molecule has 1 amide bonds. The lowest BCUT2D eigenvalue weighted by Crippen LogP contribution is -2.17. The number of para-hydroxylation sites is 1. The normalized spacial score (nSPS) is 10.3. The number of aryl methyl sites for hydroxylation is 1. The number of nitrogens with one attached hydrogen (secondary N) is 1. The summed E-state index contributed by atoms with van der Waals surface area (Å²) >= 11 is 0. The number of benzene rings is 2. The Hall–Kier alpha value is -2.33. The fourth-order valence-corrected chi connectivity index (χ4v) is 2.17. The lowest BCUT2D eigenvalue weighted by Gasteiger charge is -2.12. The van der Waals surface area contributed by atoms with Crippen molar-refractivity contribution in [2.75, 3.05) is 11.9 Å². The van der Waals surface area contributed by atoms with Crippen LogP contribution in [-0.4, -0.2) is 12.5 Å². The fraction of sp³-hybridized carbons (Fsp3) is 0.278. The van der Waals surface area contributed by atoms with Crippen LogP contribution in [0.3, 0.4) is 0 Å². The van der Waals surface area contributed by atoms with Crippen LogP contribution < -0.4 is 15.8 Å². The van der Waals surface area contributed by atoms with Crippen molar-refractivity contribution in [2.45, 2.75) is 26.8 Å². The van der Waals surface area contributed by atoms with E-state index in [1.54, 1.807) is 0 Å². The first-order chi connectivity index (χ1) is 10.6. The van der Waals surface area contributed by atoms with Crippen molar-refractivity contribution in [3.8, 4) is 5.75 Å². The van der Waals surface area contributed by atoms with Crippen molar-refractivity contribution in [2.24, 2.45) is 5.73 Å². The maximum Gasteiger partial charge on any atom is 0.227 e. The van der Waals surface area contributed by atoms with E-state index in [0.717, 1.165) is 22.6 Å². The highest BCUT2D eigenvalue weighted by Crippen LogP contribution is 2.20. The molecule has 0 unspecified atom stereocenters. The number of hydrogen-bond donors (Lipinski definition) is 2. The third kappa shape index (κ3) is 4.09. The Balaban J connectivity index is 1.87. The third-order valence-electron chi connectivity index (χ3n) is 3.65. The molecule has 0 aromatic heterocycles. The summed E-state index contributed by atoms with van der Waals surface area (Å²) in [5.41, 5.74) is 9.63. The molecule has 0 aliphatic heterocycles. The number of carbonyl (C=O) groups excluding carboxylic acids is 1. The highest BCUT2D eigenvalue weighted by molar-refractivity contribution is 5.91. The van der Waals surface area contributed by atoms with Crippen molar-refractivity contribution in [3.05, 3.63) is 59.2 Å². The van der Waals surface area contributed by atoms with Gasteiger partial charge in [-0.1, -0.05) is 30.3 Å². The molecule has 0 bridgehead atoms. The molecule has 22 heavy (non-hydrogen) atoms. The lowest BCUT2D eigenvalue weighted by atomic mass is 10.1. The summed E-state index contributed by atoms with van der Waals surface area (Å²) in [5, 5.41) is 2.87. The topological polar surface area (TPSA) is 64.3 Å². The highest BCUT2D eigenvalue weighted by Gasteiger charge is 2.07. The molecule has 0 radical (unpaired) electrons. The molecule has 0 aliphatic carbocycles. The summed E-state index contributed by atoms with van der Waals surface area (Å²) < 4.78 is 5.70. The van der Waals surface area contributed by atoms with Gasteiger partial charge in [0.25, 0.3) is 0 Å². The van der Waals surface area contributed by atoms with E-state index in [2.05, 4.69) is 5.32 Å². The average Bonchev–Trinajstić information content (AvgIpc) is 2.52. The Morgan fingerprint density at radius 2 is 1.91 bits per heavy atom. The van der Waals surface area contributed by atoms with Crippen LogP contribution in [-0.2, 0) is 11.3 Å². The third-order valence-corrected chi connectivity index (χ3v) is 3.65. The van der Waals surface area contributed by atoms with E-state index in [1.807, 2.05) is 56.3 Å². The number of carbonyl (C=O) groups is 1. The van der Waals surface area contributed by atoms with Crippen molar-refractivity contribution < 1.29 is 9.53 Å². The van der Waals surface area contributed by atoms with Gasteiger partial charge >= 0.3 is 0 Å². The fourth-order valence-electron chi connectivity index (χ4n) is 2.17. The number of rotatable bonds is 6. The van der Waals surface area contributed by atoms with E-state index in [0.29, 0.717) is 19.6 Å². The first kappa shape index (κ1) is 16.0. The van der Waals surface area contributed by atoms with Gasteiger partial charge in [0, 0.05) is 12.2 Å². The van der Waals surface area contributed by atoms with E-state index in [9.17, 15) is 4.79 Å². The van der Waals surface area contributed by atoms with E-state index in [4.69, 9.17) is 10.5 Å². The molecular weight excluding hydrogens is 276 g/mol. The van der Waals surface area contributed by atoms with Crippen LogP contribution in [0.5, 0.6) is 5.75 Å². The molecule has 0 atom stereocenters. The quantitative estimate of drug-likeness (QED) is 0.861. The van der Waals surface area contributed by atoms with E-state index in [1.165, 1.54) is 5.56 Å². The first-order valence-electron chi connectivity index (χ1n) is 7.38. The van der Waals surface area contributed by atoms with Crippen molar-refractivity contribution >= 4 is 11.6 Å². The summed E-state index contributed by atoms with van der Waals surface area (Å²) in [5.74, 6) is 0.751. The molecule has 2 aromatic carbocycles. The van der Waals surface area contributed by atoms with Crippen LogP contribution in [0.2, 0.25) is 0 Å². The molecule has 2 rings (SSSR count). The minimum absolute atomic E-state index is 0.0776. The van der Waals surface area contributed by atoms with Gasteiger partial charge in [0.1, 0.15) is 5.75 Å². The van der Waals surface area contributed by atoms with Crippen LogP contribution in [0, 0.1) is 13.8 Å². The van der Waals surface area contributed by atoms with Gasteiger partial charge < -0.3 is 15.8 Å². The summed E-state index contributed by atoms with van der Waals surface area (Å²) in [6, 6.07) is 13.5. The highest BCUT2D eigenvalue weighted by atomic mass is 16.5. The molecule has 0 saturated carbocycles. The largest absolute Gasteiger partial charge is 0.493 e. The second-order valence-electron chi connectivity index (χ2n) is 5.21. The van der Waals surface area contributed by atoms with Crippen LogP contribution in [0.25, 0.3) is 0 Å². The van der Waals surface area contributed by atoms with Gasteiger partial charge in [0.05, 0.1) is 13.0 Å². The smallest absolute Gasteiger partial charge is 0.227 e. The Kier molecular flexibility index (Phi) is 5.55. The molecule has 0 saturated heterocycles. The summed E-state index contributed by atoms with van der Waals surface area (Å²) in [7, 11) is 0. The van der Waals surface area contributed by atoms with Gasteiger partial charge in [0.2, 0.25) is 5.91 Å². The second kappa shape index (κ2) is 7.61. The average molecular weight is 298 g/mol. The zero-order chi connectivity index (χ0) is 15.9. The molecule has 0 aliphatic rings. The minimum atomic E-state index is -0.0776. The van der Waals surface area contributed by atoms with Crippen molar-refractivity contribution in [1.82, 2.24) is 0 Å². The van der Waals surface area contributed by atoms with Crippen LogP contribution in [0.4, 0.5) is 5.69 Å². The minimum Gasteiger partial charge on any atom is -0.493 e. The van der Waals surface area contributed by atoms with Crippen molar-refractivity contribution in [1.29, 1.82) is 0 Å². The molecule has 3 N–H and O–H groups in total. The zero-order valence-corrected chi connectivity index (χ0v) is 13.1. The van der Waals surface area contributed by atoms with Gasteiger partial charge in [-0.25, -0.2) is 0 Å². The molecule has 2 aromatic rings. The number of ether oxygens (including phenoxy) is 1. The van der Waals surface area contributed by atoms with Crippen LogP contribution >= 0.6 is 0 Å². The maximum absolute atomic E-state index is 12.0. The lowest BCUT2D eigenvalue weighted by molar-refractivity contribution is -0.116. The summed E-state index contributed by atoms with van der Waals surface area (Å²) in [6.45, 7) is 4.80. The number of nitrogens with two attached hydrogens (primary N) is 1. The Labute approximate surface area is 131 Å². The van der Waals surface area contributed by atoms with Gasteiger partial charge in [-0.2, -0.15) is 0 Å². The number of hydrogen-bond acceptors (Lipinski definition) is 3. The first-order valence-corrected chi connectivity index (χ1v) is 7.38.